The van der Waals surface area contributed by atoms with Crippen LogP contribution < -0.4 is 5.73 Å². The van der Waals surface area contributed by atoms with E-state index >= 15 is 0 Å². The highest BCUT2D eigenvalue weighted by atomic mass is 15.1. The Balaban J connectivity index is 1.99. The Labute approximate surface area is 97.7 Å². The molecule has 0 spiro atoms. The van der Waals surface area contributed by atoms with Crippen LogP contribution in [0.1, 0.15) is 31.0 Å². The number of nitrogens with two attached hydrogens (primary N) is 1. The van der Waals surface area contributed by atoms with Crippen molar-refractivity contribution in [3.05, 3.63) is 29.6 Å². The summed E-state index contributed by atoms with van der Waals surface area (Å²) in [4.78, 5) is 6.82. The van der Waals surface area contributed by atoms with E-state index in [1.807, 2.05) is 12.3 Å². The van der Waals surface area contributed by atoms with Gasteiger partial charge in [-0.3, -0.25) is 9.88 Å². The Morgan fingerprint density at radius 2 is 2.31 bits per heavy atom. The van der Waals surface area contributed by atoms with Gasteiger partial charge >= 0.3 is 0 Å². The topological polar surface area (TPSA) is 42.2 Å². The zero-order valence-corrected chi connectivity index (χ0v) is 10.0. The first kappa shape index (κ1) is 11.6. The molecule has 2 rings (SSSR count). The molecule has 0 aromatic carbocycles. The molecule has 1 aromatic heterocycles. The van der Waals surface area contributed by atoms with Crippen molar-refractivity contribution in [2.24, 2.45) is 11.7 Å². The molecule has 0 unspecified atom stereocenters. The third-order valence-corrected chi connectivity index (χ3v) is 3.23. The van der Waals surface area contributed by atoms with Crippen LogP contribution in [0.15, 0.2) is 18.3 Å². The molecule has 1 aromatic rings. The first-order chi connectivity index (χ1) is 7.83. The van der Waals surface area contributed by atoms with Gasteiger partial charge in [-0.15, -0.1) is 0 Å². The van der Waals surface area contributed by atoms with Crippen molar-refractivity contribution >= 4 is 0 Å². The van der Waals surface area contributed by atoms with E-state index in [0.717, 1.165) is 24.7 Å². The lowest BCUT2D eigenvalue weighted by molar-refractivity contribution is 0.267. The number of nitrogens with zero attached hydrogens (tertiary/aromatic N) is 2. The molecular weight excluding hydrogens is 198 g/mol. The Bertz CT molecular complexity index is 334. The number of rotatable bonds is 6. The van der Waals surface area contributed by atoms with E-state index in [2.05, 4.69) is 22.9 Å². The molecule has 88 valence electrons. The maximum atomic E-state index is 5.70. The normalized spacial score (nSPS) is 15.7. The van der Waals surface area contributed by atoms with Crippen molar-refractivity contribution in [3.63, 3.8) is 0 Å². The first-order valence-electron chi connectivity index (χ1n) is 6.18. The van der Waals surface area contributed by atoms with Crippen molar-refractivity contribution in [1.82, 2.24) is 9.88 Å². The first-order valence-corrected chi connectivity index (χ1v) is 6.18. The van der Waals surface area contributed by atoms with Gasteiger partial charge < -0.3 is 5.73 Å². The Morgan fingerprint density at radius 3 is 2.94 bits per heavy atom. The monoisotopic (exact) mass is 219 g/mol. The van der Waals surface area contributed by atoms with Gasteiger partial charge in [0, 0.05) is 25.8 Å². The van der Waals surface area contributed by atoms with E-state index in [-0.39, 0.29) is 0 Å². The average Bonchev–Trinajstić information content (AvgIpc) is 3.13. The number of hydrogen-bond acceptors (Lipinski definition) is 3. The summed E-state index contributed by atoms with van der Waals surface area (Å²) in [6.07, 6.45) is 4.64. The van der Waals surface area contributed by atoms with Crippen molar-refractivity contribution in [1.29, 1.82) is 0 Å². The molecule has 1 aliphatic carbocycles. The summed E-state index contributed by atoms with van der Waals surface area (Å²) in [5.41, 5.74) is 8.02. The zero-order valence-electron chi connectivity index (χ0n) is 10.0. The maximum absolute atomic E-state index is 5.70. The van der Waals surface area contributed by atoms with Gasteiger partial charge in [0.25, 0.3) is 0 Å². The molecule has 0 radical (unpaired) electrons. The average molecular weight is 219 g/mol. The smallest absolute Gasteiger partial charge is 0.0584 e. The summed E-state index contributed by atoms with van der Waals surface area (Å²) in [7, 11) is 0. The van der Waals surface area contributed by atoms with Gasteiger partial charge in [-0.25, -0.2) is 0 Å². The minimum Gasteiger partial charge on any atom is -0.325 e. The fourth-order valence-corrected chi connectivity index (χ4v) is 2.01. The number of pyridine rings is 1. The summed E-state index contributed by atoms with van der Waals surface area (Å²) in [5, 5.41) is 0. The summed E-state index contributed by atoms with van der Waals surface area (Å²) >= 11 is 0. The van der Waals surface area contributed by atoms with E-state index in [1.165, 1.54) is 24.9 Å². The standard InChI is InChI=1S/C13H21N3/c1-2-16(9-11-5-6-11)10-12-4-3-7-15-13(12)8-14/h3-4,7,11H,2,5-6,8-10,14H2,1H3. The molecule has 0 atom stereocenters. The lowest BCUT2D eigenvalue weighted by atomic mass is 10.1. The fourth-order valence-electron chi connectivity index (χ4n) is 2.01. The minimum atomic E-state index is 0.539. The third-order valence-electron chi connectivity index (χ3n) is 3.23. The molecular formula is C13H21N3. The second-order valence-electron chi connectivity index (χ2n) is 4.58. The lowest BCUT2D eigenvalue weighted by Crippen LogP contribution is -2.26. The Kier molecular flexibility index (Phi) is 3.91. The van der Waals surface area contributed by atoms with Gasteiger partial charge in [-0.05, 0) is 36.9 Å². The van der Waals surface area contributed by atoms with Crippen LogP contribution in [-0.4, -0.2) is 23.0 Å². The molecule has 0 bridgehead atoms. The van der Waals surface area contributed by atoms with E-state index in [4.69, 9.17) is 5.73 Å². The third kappa shape index (κ3) is 3.03. The van der Waals surface area contributed by atoms with Gasteiger partial charge in [0.2, 0.25) is 0 Å². The van der Waals surface area contributed by atoms with Crippen LogP contribution in [0.5, 0.6) is 0 Å². The largest absolute Gasteiger partial charge is 0.325 e. The molecule has 1 aliphatic rings. The van der Waals surface area contributed by atoms with Crippen LogP contribution in [0.25, 0.3) is 0 Å². The summed E-state index contributed by atoms with van der Waals surface area (Å²) in [6, 6.07) is 4.14. The summed E-state index contributed by atoms with van der Waals surface area (Å²) in [5.74, 6) is 0.943. The van der Waals surface area contributed by atoms with Gasteiger partial charge in [-0.2, -0.15) is 0 Å². The molecule has 0 aliphatic heterocycles. The van der Waals surface area contributed by atoms with Crippen LogP contribution in [0.3, 0.4) is 0 Å². The molecule has 1 heterocycles. The highest BCUT2D eigenvalue weighted by Gasteiger charge is 2.23. The minimum absolute atomic E-state index is 0.539. The van der Waals surface area contributed by atoms with E-state index in [0.29, 0.717) is 6.54 Å². The van der Waals surface area contributed by atoms with Crippen molar-refractivity contribution in [2.45, 2.75) is 32.9 Å². The molecule has 2 N–H and O–H groups in total. The van der Waals surface area contributed by atoms with Crippen molar-refractivity contribution in [2.75, 3.05) is 13.1 Å². The number of aromatic nitrogens is 1. The highest BCUT2D eigenvalue weighted by Crippen LogP contribution is 2.30. The highest BCUT2D eigenvalue weighted by molar-refractivity contribution is 5.19. The van der Waals surface area contributed by atoms with E-state index in [9.17, 15) is 0 Å². The molecule has 16 heavy (non-hydrogen) atoms. The SMILES string of the molecule is CCN(Cc1cccnc1CN)CC1CC1. The summed E-state index contributed by atoms with van der Waals surface area (Å²) in [6.45, 7) is 6.09. The predicted octanol–water partition coefficient (Wildman–Crippen LogP) is 1.77. The lowest BCUT2D eigenvalue weighted by Gasteiger charge is -2.21. The van der Waals surface area contributed by atoms with Crippen molar-refractivity contribution in [3.8, 4) is 0 Å². The molecule has 3 heteroatoms. The van der Waals surface area contributed by atoms with Crippen LogP contribution in [0.4, 0.5) is 0 Å². The zero-order chi connectivity index (χ0) is 11.4. The molecule has 0 saturated heterocycles. The Morgan fingerprint density at radius 1 is 1.50 bits per heavy atom. The quantitative estimate of drug-likeness (QED) is 0.793. The molecule has 1 fully saturated rings. The predicted molar refractivity (Wildman–Crippen MR) is 65.8 cm³/mol. The maximum Gasteiger partial charge on any atom is 0.0584 e. The fraction of sp³-hybridized carbons (Fsp3) is 0.615. The molecule has 3 nitrogen and oxygen atoms in total. The summed E-state index contributed by atoms with van der Waals surface area (Å²) < 4.78 is 0. The molecule has 1 saturated carbocycles. The second-order valence-corrected chi connectivity index (χ2v) is 4.58. The molecule has 0 amide bonds. The second kappa shape index (κ2) is 5.41. The van der Waals surface area contributed by atoms with Gasteiger partial charge in [0.15, 0.2) is 0 Å². The van der Waals surface area contributed by atoms with Gasteiger partial charge in [0.05, 0.1) is 5.69 Å². The van der Waals surface area contributed by atoms with Gasteiger partial charge in [-0.1, -0.05) is 13.0 Å². The number of hydrogen-bond donors (Lipinski definition) is 1. The van der Waals surface area contributed by atoms with Gasteiger partial charge in [0.1, 0.15) is 0 Å². The van der Waals surface area contributed by atoms with Crippen LogP contribution >= 0.6 is 0 Å². The van der Waals surface area contributed by atoms with Crippen LogP contribution in [0, 0.1) is 5.92 Å². The Hall–Kier alpha value is -0.930. The van der Waals surface area contributed by atoms with Crippen molar-refractivity contribution < 1.29 is 0 Å². The van der Waals surface area contributed by atoms with Crippen LogP contribution in [-0.2, 0) is 13.1 Å². The van der Waals surface area contributed by atoms with E-state index < -0.39 is 0 Å². The van der Waals surface area contributed by atoms with E-state index in [1.54, 1.807) is 0 Å². The van der Waals surface area contributed by atoms with Crippen LogP contribution in [0.2, 0.25) is 0 Å².